The molecular formula is C18H15ClN4O2. The van der Waals surface area contributed by atoms with E-state index in [1.165, 1.54) is 0 Å². The van der Waals surface area contributed by atoms with Crippen LogP contribution in [-0.2, 0) is 9.47 Å². The molecule has 3 fully saturated rings. The van der Waals surface area contributed by atoms with Crippen molar-refractivity contribution in [3.05, 3.63) is 34.9 Å². The highest BCUT2D eigenvalue weighted by atomic mass is 35.5. The van der Waals surface area contributed by atoms with Gasteiger partial charge in [0.05, 0.1) is 30.2 Å². The molecule has 2 bridgehead atoms. The van der Waals surface area contributed by atoms with Crippen LogP contribution in [0.4, 0.5) is 0 Å². The summed E-state index contributed by atoms with van der Waals surface area (Å²) in [7, 11) is 0. The fraction of sp³-hybridized carbons (Fsp3) is 0.444. The minimum absolute atomic E-state index is 0.368. The zero-order valence-corrected chi connectivity index (χ0v) is 14.5. The Kier molecular flexibility index (Phi) is 3.77. The molecule has 0 radical (unpaired) electrons. The number of benzene rings is 1. The summed E-state index contributed by atoms with van der Waals surface area (Å²) in [5, 5.41) is 38.8. The number of halogens is 1. The topological polar surface area (TPSA) is 114 Å². The van der Waals surface area contributed by atoms with E-state index in [1.807, 2.05) is 6.07 Å². The second kappa shape index (κ2) is 5.46. The van der Waals surface area contributed by atoms with E-state index in [2.05, 4.69) is 12.1 Å². The van der Waals surface area contributed by atoms with Crippen LogP contribution in [-0.4, -0.2) is 17.8 Å². The second-order valence-electron chi connectivity index (χ2n) is 6.40. The van der Waals surface area contributed by atoms with Gasteiger partial charge in [-0.3, -0.25) is 5.41 Å². The van der Waals surface area contributed by atoms with Gasteiger partial charge in [-0.15, -0.1) is 0 Å². The lowest BCUT2D eigenvalue weighted by Crippen LogP contribution is -2.73. The summed E-state index contributed by atoms with van der Waals surface area (Å²) in [6.07, 6.45) is -0.417. The highest BCUT2D eigenvalue weighted by Gasteiger charge is 2.78. The van der Waals surface area contributed by atoms with Crippen LogP contribution >= 0.6 is 11.6 Å². The van der Waals surface area contributed by atoms with Gasteiger partial charge in [0.25, 0.3) is 0 Å². The SMILES string of the molecule is CCC1OC2(C)OC(=N)C1(C#N)C(C#N)(C#N)C2c1ccc(Cl)cc1. The molecule has 7 heteroatoms. The van der Waals surface area contributed by atoms with E-state index in [0.29, 0.717) is 17.0 Å². The quantitative estimate of drug-likeness (QED) is 0.872. The molecule has 1 N–H and O–H groups in total. The molecule has 4 rings (SSSR count). The number of rotatable bonds is 2. The molecule has 3 aliphatic rings. The molecule has 0 spiro atoms. The van der Waals surface area contributed by atoms with Crippen molar-refractivity contribution in [3.8, 4) is 18.2 Å². The first kappa shape index (κ1) is 17.2. The van der Waals surface area contributed by atoms with E-state index >= 15 is 0 Å². The molecule has 1 aromatic carbocycles. The summed E-state index contributed by atoms with van der Waals surface area (Å²) < 4.78 is 11.7. The molecule has 0 saturated carbocycles. The largest absolute Gasteiger partial charge is 0.447 e. The third-order valence-electron chi connectivity index (χ3n) is 5.20. The van der Waals surface area contributed by atoms with Crippen molar-refractivity contribution in [3.63, 3.8) is 0 Å². The maximum Gasteiger partial charge on any atom is 0.219 e. The van der Waals surface area contributed by atoms with E-state index < -0.39 is 28.6 Å². The summed E-state index contributed by atoms with van der Waals surface area (Å²) in [6, 6.07) is 12.8. The Bertz CT molecular complexity index is 849. The zero-order valence-electron chi connectivity index (χ0n) is 13.7. The van der Waals surface area contributed by atoms with Gasteiger partial charge < -0.3 is 9.47 Å². The molecule has 0 aliphatic carbocycles. The third kappa shape index (κ3) is 1.89. The van der Waals surface area contributed by atoms with Crippen LogP contribution in [0.25, 0.3) is 0 Å². The maximum absolute atomic E-state index is 10.0. The van der Waals surface area contributed by atoms with Gasteiger partial charge in [-0.25, -0.2) is 0 Å². The summed E-state index contributed by atoms with van der Waals surface area (Å²) in [5.41, 5.74) is -3.02. The van der Waals surface area contributed by atoms with Gasteiger partial charge in [-0.2, -0.15) is 15.8 Å². The Labute approximate surface area is 150 Å². The van der Waals surface area contributed by atoms with E-state index in [-0.39, 0.29) is 5.90 Å². The molecular weight excluding hydrogens is 340 g/mol. The lowest BCUT2D eigenvalue weighted by Gasteiger charge is -2.61. The van der Waals surface area contributed by atoms with Gasteiger partial charge >= 0.3 is 0 Å². The van der Waals surface area contributed by atoms with Crippen LogP contribution in [0.3, 0.4) is 0 Å². The number of nitrogens with zero attached hydrogens (tertiary/aromatic N) is 3. The number of fused-ring (bicyclic) bond motifs is 3. The fourth-order valence-electron chi connectivity index (χ4n) is 4.14. The molecule has 1 aromatic rings. The number of ether oxygens (including phenoxy) is 2. The Morgan fingerprint density at radius 3 is 2.24 bits per heavy atom. The average Bonchev–Trinajstić information content (AvgIpc) is 2.61. The second-order valence-corrected chi connectivity index (χ2v) is 6.83. The Balaban J connectivity index is 2.35. The summed E-state index contributed by atoms with van der Waals surface area (Å²) in [4.78, 5) is 0. The van der Waals surface area contributed by atoms with Gasteiger partial charge in [-0.05, 0) is 24.1 Å². The number of nitrogens with one attached hydrogen (secondary N) is 1. The van der Waals surface area contributed by atoms with Crippen LogP contribution in [0.5, 0.6) is 0 Å². The first-order valence-corrected chi connectivity index (χ1v) is 8.18. The maximum atomic E-state index is 10.0. The molecule has 0 aromatic heterocycles. The van der Waals surface area contributed by atoms with Crippen LogP contribution in [0, 0.1) is 50.2 Å². The lowest BCUT2D eigenvalue weighted by atomic mass is 9.50. The fourth-order valence-corrected chi connectivity index (χ4v) is 4.27. The first-order valence-electron chi connectivity index (χ1n) is 7.80. The monoisotopic (exact) mass is 354 g/mol. The highest BCUT2D eigenvalue weighted by Crippen LogP contribution is 2.65. The van der Waals surface area contributed by atoms with E-state index in [9.17, 15) is 15.8 Å². The summed E-state index contributed by atoms with van der Waals surface area (Å²) in [5.74, 6) is -2.66. The van der Waals surface area contributed by atoms with Crippen molar-refractivity contribution in [1.82, 2.24) is 0 Å². The molecule has 4 atom stereocenters. The van der Waals surface area contributed by atoms with Crippen molar-refractivity contribution in [2.24, 2.45) is 10.8 Å². The smallest absolute Gasteiger partial charge is 0.219 e. The first-order chi connectivity index (χ1) is 11.8. The van der Waals surface area contributed by atoms with Gasteiger partial charge in [0.15, 0.2) is 10.8 Å². The Morgan fingerprint density at radius 2 is 1.76 bits per heavy atom. The van der Waals surface area contributed by atoms with Crippen LogP contribution in [0.15, 0.2) is 24.3 Å². The average molecular weight is 355 g/mol. The number of hydrogen-bond donors (Lipinski definition) is 1. The Morgan fingerprint density at radius 1 is 1.16 bits per heavy atom. The minimum atomic E-state index is -1.82. The van der Waals surface area contributed by atoms with E-state index in [4.69, 9.17) is 26.5 Å². The predicted octanol–water partition coefficient (Wildman–Crippen LogP) is 3.50. The number of nitriles is 3. The minimum Gasteiger partial charge on any atom is -0.447 e. The van der Waals surface area contributed by atoms with Crippen molar-refractivity contribution in [2.45, 2.75) is 38.1 Å². The molecule has 25 heavy (non-hydrogen) atoms. The molecule has 126 valence electrons. The van der Waals surface area contributed by atoms with Crippen molar-refractivity contribution < 1.29 is 9.47 Å². The molecule has 3 heterocycles. The predicted molar refractivity (Wildman–Crippen MR) is 88.3 cm³/mol. The summed E-state index contributed by atoms with van der Waals surface area (Å²) >= 11 is 5.95. The van der Waals surface area contributed by atoms with E-state index in [0.717, 1.165) is 0 Å². The molecule has 3 aliphatic heterocycles. The van der Waals surface area contributed by atoms with Gasteiger partial charge in [0, 0.05) is 11.9 Å². The van der Waals surface area contributed by atoms with Crippen LogP contribution in [0.2, 0.25) is 5.02 Å². The third-order valence-corrected chi connectivity index (χ3v) is 5.46. The van der Waals surface area contributed by atoms with Crippen LogP contribution < -0.4 is 0 Å². The molecule has 6 nitrogen and oxygen atoms in total. The molecule has 3 saturated heterocycles. The number of hydrogen-bond acceptors (Lipinski definition) is 6. The van der Waals surface area contributed by atoms with Crippen molar-refractivity contribution >= 4 is 17.5 Å². The normalized spacial score (nSPS) is 35.1. The van der Waals surface area contributed by atoms with Gasteiger partial charge in [0.1, 0.15) is 0 Å². The van der Waals surface area contributed by atoms with Crippen molar-refractivity contribution in [1.29, 1.82) is 21.2 Å². The van der Waals surface area contributed by atoms with Crippen LogP contribution in [0.1, 0.15) is 31.7 Å². The highest BCUT2D eigenvalue weighted by molar-refractivity contribution is 6.30. The lowest BCUT2D eigenvalue weighted by molar-refractivity contribution is -0.319. The zero-order chi connectivity index (χ0) is 18.5. The van der Waals surface area contributed by atoms with Crippen molar-refractivity contribution in [2.75, 3.05) is 0 Å². The summed E-state index contributed by atoms with van der Waals surface area (Å²) in [6.45, 7) is 3.39. The Hall–Kier alpha value is -2.59. The van der Waals surface area contributed by atoms with E-state index in [1.54, 1.807) is 38.1 Å². The standard InChI is InChI=1S/C18H15ClN4O2/c1-3-13-18(10-22)15(23)25-16(2,24-13)14(17(18,8-20)9-21)11-4-6-12(19)7-5-11/h4-7,13-14,23H,3H2,1-2H3. The molecule has 4 unspecified atom stereocenters. The van der Waals surface area contributed by atoms with Gasteiger partial charge in [-0.1, -0.05) is 30.7 Å². The van der Waals surface area contributed by atoms with Gasteiger partial charge in [0.2, 0.25) is 11.7 Å². The molecule has 0 amide bonds.